The Balaban J connectivity index is 1.87. The molecular formula is C13H21N3O2. The minimum atomic E-state index is -0.751. The lowest BCUT2D eigenvalue weighted by Crippen LogP contribution is -2.38. The quantitative estimate of drug-likeness (QED) is 0.733. The fourth-order valence-electron chi connectivity index (χ4n) is 2.08. The van der Waals surface area contributed by atoms with Gasteiger partial charge in [-0.2, -0.15) is 0 Å². The molecule has 0 spiro atoms. The van der Waals surface area contributed by atoms with Crippen LogP contribution in [0.5, 0.6) is 0 Å². The van der Waals surface area contributed by atoms with E-state index in [4.69, 9.17) is 5.11 Å². The van der Waals surface area contributed by atoms with Crippen LogP contribution in [0.4, 0.5) is 0 Å². The highest BCUT2D eigenvalue weighted by atomic mass is 16.4. The second-order valence-corrected chi connectivity index (χ2v) is 4.91. The number of hydrogen-bond acceptors (Lipinski definition) is 3. The summed E-state index contributed by atoms with van der Waals surface area (Å²) in [4.78, 5) is 15.4. The zero-order valence-corrected chi connectivity index (χ0v) is 10.8. The molecule has 5 heteroatoms. The average molecular weight is 251 g/mol. The van der Waals surface area contributed by atoms with Gasteiger partial charge in [0.15, 0.2) is 0 Å². The monoisotopic (exact) mass is 251 g/mol. The second-order valence-electron chi connectivity index (χ2n) is 4.91. The fourth-order valence-corrected chi connectivity index (χ4v) is 2.08. The number of nitrogens with zero attached hydrogens (tertiary/aromatic N) is 2. The molecule has 1 aromatic heterocycles. The maximum absolute atomic E-state index is 11.1. The predicted octanol–water partition coefficient (Wildman–Crippen LogP) is 1.43. The lowest BCUT2D eigenvalue weighted by atomic mass is 10.2. The first-order chi connectivity index (χ1) is 8.70. The third-order valence-corrected chi connectivity index (χ3v) is 3.25. The number of carboxylic acids is 1. The Morgan fingerprint density at radius 2 is 2.44 bits per heavy atom. The number of hydrogen-bond donors (Lipinski definition) is 2. The molecule has 0 amide bonds. The van der Waals surface area contributed by atoms with Crippen molar-refractivity contribution in [1.82, 2.24) is 14.9 Å². The van der Waals surface area contributed by atoms with E-state index < -0.39 is 12.0 Å². The highest BCUT2D eigenvalue weighted by Crippen LogP contribution is 2.20. The Morgan fingerprint density at radius 1 is 1.67 bits per heavy atom. The molecule has 0 bridgehead atoms. The minimum absolute atomic E-state index is 0.420. The minimum Gasteiger partial charge on any atom is -0.480 e. The molecule has 0 aromatic carbocycles. The second kappa shape index (κ2) is 6.00. The molecule has 18 heavy (non-hydrogen) atoms. The number of carboxylic acid groups (broad SMARTS) is 1. The summed E-state index contributed by atoms with van der Waals surface area (Å²) in [7, 11) is 0. The van der Waals surface area contributed by atoms with Crippen LogP contribution in [0.3, 0.4) is 0 Å². The molecule has 1 fully saturated rings. The summed E-state index contributed by atoms with van der Waals surface area (Å²) < 4.78 is 2.06. The van der Waals surface area contributed by atoms with Gasteiger partial charge in [-0.25, -0.2) is 4.98 Å². The number of carbonyl (C=O) groups is 1. The van der Waals surface area contributed by atoms with Crippen molar-refractivity contribution < 1.29 is 9.90 Å². The van der Waals surface area contributed by atoms with Gasteiger partial charge in [0.1, 0.15) is 11.9 Å². The Labute approximate surface area is 107 Å². The van der Waals surface area contributed by atoms with Crippen LogP contribution in [-0.4, -0.2) is 32.7 Å². The number of aliphatic carboxylic acids is 1. The third-order valence-electron chi connectivity index (χ3n) is 3.25. The van der Waals surface area contributed by atoms with E-state index in [9.17, 15) is 4.79 Å². The van der Waals surface area contributed by atoms with Gasteiger partial charge in [-0.3, -0.25) is 4.79 Å². The van der Waals surface area contributed by atoms with Crippen LogP contribution in [0, 0.1) is 0 Å². The van der Waals surface area contributed by atoms with Gasteiger partial charge in [-0.05, 0) is 25.7 Å². The molecule has 1 saturated carbocycles. The van der Waals surface area contributed by atoms with Crippen molar-refractivity contribution in [3.8, 4) is 0 Å². The van der Waals surface area contributed by atoms with Gasteiger partial charge < -0.3 is 15.0 Å². The topological polar surface area (TPSA) is 67.2 Å². The summed E-state index contributed by atoms with van der Waals surface area (Å²) in [5.41, 5.74) is 0. The number of rotatable bonds is 8. The fraction of sp³-hybridized carbons (Fsp3) is 0.692. The van der Waals surface area contributed by atoms with Crippen molar-refractivity contribution in [2.24, 2.45) is 0 Å². The number of imidazole rings is 1. The summed E-state index contributed by atoms with van der Waals surface area (Å²) in [5, 5.41) is 12.3. The molecule has 2 N–H and O–H groups in total. The molecule has 5 nitrogen and oxygen atoms in total. The Kier molecular flexibility index (Phi) is 4.36. The Morgan fingerprint density at radius 3 is 3.06 bits per heavy atom. The third kappa shape index (κ3) is 3.57. The highest BCUT2D eigenvalue weighted by molar-refractivity contribution is 5.73. The molecule has 1 aliphatic carbocycles. The molecule has 100 valence electrons. The van der Waals surface area contributed by atoms with Crippen molar-refractivity contribution in [3.05, 3.63) is 18.2 Å². The van der Waals surface area contributed by atoms with E-state index in [1.807, 2.05) is 6.20 Å². The van der Waals surface area contributed by atoms with Crippen LogP contribution in [0.2, 0.25) is 0 Å². The SMILES string of the molecule is CCCc1nccn1CCC(NC1CC1)C(=O)O. The normalized spacial score (nSPS) is 16.7. The van der Waals surface area contributed by atoms with E-state index in [0.29, 0.717) is 19.0 Å². The van der Waals surface area contributed by atoms with Gasteiger partial charge in [-0.15, -0.1) is 0 Å². The molecule has 2 rings (SSSR count). The first-order valence-corrected chi connectivity index (χ1v) is 6.69. The van der Waals surface area contributed by atoms with E-state index in [-0.39, 0.29) is 0 Å². The Hall–Kier alpha value is -1.36. The zero-order valence-electron chi connectivity index (χ0n) is 10.8. The van der Waals surface area contributed by atoms with Gasteiger partial charge in [-0.1, -0.05) is 6.92 Å². The highest BCUT2D eigenvalue weighted by Gasteiger charge is 2.27. The summed E-state index contributed by atoms with van der Waals surface area (Å²) in [5.74, 6) is 0.298. The molecule has 1 aliphatic rings. The first kappa shape index (κ1) is 13.1. The van der Waals surface area contributed by atoms with E-state index in [0.717, 1.165) is 31.5 Å². The number of aromatic nitrogens is 2. The van der Waals surface area contributed by atoms with Crippen molar-refractivity contribution >= 4 is 5.97 Å². The average Bonchev–Trinajstić information content (AvgIpc) is 3.05. The van der Waals surface area contributed by atoms with E-state index in [1.54, 1.807) is 6.20 Å². The van der Waals surface area contributed by atoms with Gasteiger partial charge >= 0.3 is 5.97 Å². The van der Waals surface area contributed by atoms with Crippen molar-refractivity contribution in [2.75, 3.05) is 0 Å². The molecule has 0 aliphatic heterocycles. The summed E-state index contributed by atoms with van der Waals surface area (Å²) in [6, 6.07) is -0.0154. The lowest BCUT2D eigenvalue weighted by Gasteiger charge is -2.15. The zero-order chi connectivity index (χ0) is 13.0. The molecule has 1 unspecified atom stereocenters. The van der Waals surface area contributed by atoms with Crippen molar-refractivity contribution in [2.45, 2.75) is 57.7 Å². The number of aryl methyl sites for hydroxylation is 2. The van der Waals surface area contributed by atoms with Crippen LogP contribution >= 0.6 is 0 Å². The molecular weight excluding hydrogens is 230 g/mol. The standard InChI is InChI=1S/C13H21N3O2/c1-2-3-12-14-7-9-16(12)8-6-11(13(17)18)15-10-4-5-10/h7,9-11,15H,2-6,8H2,1H3,(H,17,18). The largest absolute Gasteiger partial charge is 0.480 e. The van der Waals surface area contributed by atoms with E-state index in [2.05, 4.69) is 21.8 Å². The lowest BCUT2D eigenvalue weighted by molar-refractivity contribution is -0.139. The Bertz CT molecular complexity index is 399. The first-order valence-electron chi connectivity index (χ1n) is 6.69. The van der Waals surface area contributed by atoms with E-state index >= 15 is 0 Å². The molecule has 0 saturated heterocycles. The van der Waals surface area contributed by atoms with Crippen LogP contribution in [0.25, 0.3) is 0 Å². The summed E-state index contributed by atoms with van der Waals surface area (Å²) in [6.45, 7) is 2.83. The molecule has 1 aromatic rings. The van der Waals surface area contributed by atoms with Crippen molar-refractivity contribution in [1.29, 1.82) is 0 Å². The number of nitrogens with one attached hydrogen (secondary N) is 1. The van der Waals surface area contributed by atoms with Gasteiger partial charge in [0, 0.05) is 31.4 Å². The molecule has 0 radical (unpaired) electrons. The smallest absolute Gasteiger partial charge is 0.320 e. The maximum Gasteiger partial charge on any atom is 0.320 e. The van der Waals surface area contributed by atoms with Gasteiger partial charge in [0.05, 0.1) is 0 Å². The molecule has 1 atom stereocenters. The maximum atomic E-state index is 11.1. The van der Waals surface area contributed by atoms with Gasteiger partial charge in [0.2, 0.25) is 0 Å². The van der Waals surface area contributed by atoms with Crippen molar-refractivity contribution in [3.63, 3.8) is 0 Å². The predicted molar refractivity (Wildman–Crippen MR) is 68.4 cm³/mol. The van der Waals surface area contributed by atoms with E-state index in [1.165, 1.54) is 0 Å². The van der Waals surface area contributed by atoms with Crippen LogP contribution in [-0.2, 0) is 17.8 Å². The van der Waals surface area contributed by atoms with Crippen LogP contribution in [0.15, 0.2) is 12.4 Å². The molecule has 1 heterocycles. The summed E-state index contributed by atoms with van der Waals surface area (Å²) >= 11 is 0. The van der Waals surface area contributed by atoms with Crippen LogP contribution < -0.4 is 5.32 Å². The van der Waals surface area contributed by atoms with Gasteiger partial charge in [0.25, 0.3) is 0 Å². The summed E-state index contributed by atoms with van der Waals surface area (Å²) in [6.07, 6.45) is 8.54. The van der Waals surface area contributed by atoms with Crippen LogP contribution in [0.1, 0.15) is 38.4 Å².